The summed E-state index contributed by atoms with van der Waals surface area (Å²) in [5.74, 6) is 0. The average Bonchev–Trinajstić information content (AvgIpc) is 3.69. The van der Waals surface area contributed by atoms with Crippen LogP contribution in [0.4, 0.5) is 0 Å². The van der Waals surface area contributed by atoms with Gasteiger partial charge in [-0.3, -0.25) is 0 Å². The predicted molar refractivity (Wildman–Crippen MR) is 173 cm³/mol. The Morgan fingerprint density at radius 3 is 1.39 bits per heavy atom. The zero-order valence-corrected chi connectivity index (χ0v) is 22.7. The van der Waals surface area contributed by atoms with E-state index in [2.05, 4.69) is 130 Å². The zero-order valence-electron chi connectivity index (χ0n) is 21.9. The quantitative estimate of drug-likeness (QED) is 0.215. The first-order valence-electron chi connectivity index (χ1n) is 13.7. The molecule has 0 spiro atoms. The fraction of sp³-hybridized carbons (Fsp3) is 0. The SMILES string of the molecule is N#Cc1ccc2c(c1)c1ccccc1n2-c1cccc2c1sc1c(-n3c4ccccc4c4ccccc43)cccc12. The van der Waals surface area contributed by atoms with Gasteiger partial charge in [-0.15, -0.1) is 11.3 Å². The monoisotopic (exact) mass is 539 g/mol. The molecule has 0 unspecified atom stereocenters. The van der Waals surface area contributed by atoms with Crippen LogP contribution in [0.2, 0.25) is 0 Å². The Kier molecular flexibility index (Phi) is 4.55. The summed E-state index contributed by atoms with van der Waals surface area (Å²) in [4.78, 5) is 0. The molecule has 0 fully saturated rings. The van der Waals surface area contributed by atoms with Gasteiger partial charge in [-0.2, -0.15) is 5.26 Å². The highest BCUT2D eigenvalue weighted by Gasteiger charge is 2.19. The molecule has 3 heterocycles. The molecule has 0 aliphatic heterocycles. The molecule has 0 saturated heterocycles. The number of hydrogen-bond donors (Lipinski definition) is 0. The standard InChI is InChI=1S/C37H21N3S/c38-22-23-19-20-33-29(21-23)26-11-3-6-16-32(26)40(33)35-18-8-13-28-27-12-7-17-34(36(27)41-37(28)35)39-30-14-4-1-9-24(30)25-10-2-5-15-31(25)39/h1-21H. The lowest BCUT2D eigenvalue weighted by molar-refractivity contribution is 1.20. The molecule has 3 aromatic heterocycles. The summed E-state index contributed by atoms with van der Waals surface area (Å²) in [5, 5.41) is 16.9. The van der Waals surface area contributed by atoms with Crippen molar-refractivity contribution in [3.63, 3.8) is 0 Å². The molecule has 9 rings (SSSR count). The summed E-state index contributed by atoms with van der Waals surface area (Å²) in [6, 6.07) is 47.5. The van der Waals surface area contributed by atoms with Crippen LogP contribution in [0.3, 0.4) is 0 Å². The van der Waals surface area contributed by atoms with Crippen molar-refractivity contribution < 1.29 is 0 Å². The van der Waals surface area contributed by atoms with Gasteiger partial charge in [-0.1, -0.05) is 78.9 Å². The number of thiophene rings is 1. The van der Waals surface area contributed by atoms with Crippen LogP contribution in [0, 0.1) is 11.3 Å². The van der Waals surface area contributed by atoms with Gasteiger partial charge in [0.15, 0.2) is 0 Å². The molecule has 41 heavy (non-hydrogen) atoms. The molecule has 0 saturated carbocycles. The van der Waals surface area contributed by atoms with Crippen molar-refractivity contribution in [1.29, 1.82) is 5.26 Å². The molecule has 3 nitrogen and oxygen atoms in total. The van der Waals surface area contributed by atoms with Crippen LogP contribution in [-0.2, 0) is 0 Å². The van der Waals surface area contributed by atoms with E-state index in [1.807, 2.05) is 23.5 Å². The zero-order chi connectivity index (χ0) is 27.1. The minimum absolute atomic E-state index is 0.677. The predicted octanol–water partition coefficient (Wildman–Crippen LogP) is 10.1. The normalized spacial score (nSPS) is 11.9. The maximum atomic E-state index is 9.59. The second-order valence-electron chi connectivity index (χ2n) is 10.5. The smallest absolute Gasteiger partial charge is 0.0991 e. The van der Waals surface area contributed by atoms with E-state index in [1.165, 1.54) is 47.7 Å². The lowest BCUT2D eigenvalue weighted by Gasteiger charge is -2.09. The minimum Gasteiger partial charge on any atom is -0.308 e. The van der Waals surface area contributed by atoms with Gasteiger partial charge < -0.3 is 9.13 Å². The maximum Gasteiger partial charge on any atom is 0.0991 e. The Morgan fingerprint density at radius 1 is 0.439 bits per heavy atom. The van der Waals surface area contributed by atoms with Gasteiger partial charge in [0.2, 0.25) is 0 Å². The molecule has 0 bridgehead atoms. The fourth-order valence-electron chi connectivity index (χ4n) is 6.63. The maximum absolute atomic E-state index is 9.59. The molecule has 0 aliphatic carbocycles. The first-order valence-corrected chi connectivity index (χ1v) is 14.5. The van der Waals surface area contributed by atoms with E-state index in [9.17, 15) is 5.26 Å². The molecule has 4 heteroatoms. The second-order valence-corrected chi connectivity index (χ2v) is 11.5. The first-order chi connectivity index (χ1) is 20.3. The Morgan fingerprint density at radius 2 is 0.878 bits per heavy atom. The van der Waals surface area contributed by atoms with Crippen LogP contribution in [-0.4, -0.2) is 9.13 Å². The van der Waals surface area contributed by atoms with Crippen molar-refractivity contribution >= 4 is 75.1 Å². The lowest BCUT2D eigenvalue weighted by atomic mass is 10.1. The number of para-hydroxylation sites is 3. The third-order valence-electron chi connectivity index (χ3n) is 8.35. The Balaban J connectivity index is 1.40. The van der Waals surface area contributed by atoms with Crippen molar-refractivity contribution in [1.82, 2.24) is 9.13 Å². The summed E-state index contributed by atoms with van der Waals surface area (Å²) < 4.78 is 7.31. The number of benzene rings is 6. The number of hydrogen-bond acceptors (Lipinski definition) is 2. The Labute approximate surface area is 239 Å². The lowest BCUT2D eigenvalue weighted by Crippen LogP contribution is -1.93. The molecule has 0 amide bonds. The molecular formula is C37H21N3S. The van der Waals surface area contributed by atoms with Crippen molar-refractivity contribution in [2.45, 2.75) is 0 Å². The van der Waals surface area contributed by atoms with E-state index in [0.29, 0.717) is 5.56 Å². The second kappa shape index (κ2) is 8.32. The van der Waals surface area contributed by atoms with Crippen LogP contribution in [0.1, 0.15) is 5.56 Å². The molecule has 9 aromatic rings. The molecular weight excluding hydrogens is 518 g/mol. The third-order valence-corrected chi connectivity index (χ3v) is 9.61. The summed E-state index contributed by atoms with van der Waals surface area (Å²) in [5.41, 5.74) is 7.73. The van der Waals surface area contributed by atoms with Crippen LogP contribution < -0.4 is 0 Å². The van der Waals surface area contributed by atoms with Crippen LogP contribution in [0.15, 0.2) is 127 Å². The van der Waals surface area contributed by atoms with E-state index >= 15 is 0 Å². The Hall–Kier alpha value is -5.37. The van der Waals surface area contributed by atoms with Gasteiger partial charge in [0, 0.05) is 32.3 Å². The van der Waals surface area contributed by atoms with Crippen molar-refractivity contribution in [2.24, 2.45) is 0 Å². The van der Waals surface area contributed by atoms with Crippen molar-refractivity contribution in [3.05, 3.63) is 133 Å². The summed E-state index contributed by atoms with van der Waals surface area (Å²) in [7, 11) is 0. The largest absolute Gasteiger partial charge is 0.308 e. The number of nitriles is 1. The molecule has 6 aromatic carbocycles. The van der Waals surface area contributed by atoms with Gasteiger partial charge in [0.05, 0.1) is 54.5 Å². The van der Waals surface area contributed by atoms with E-state index in [-0.39, 0.29) is 0 Å². The van der Waals surface area contributed by atoms with E-state index < -0.39 is 0 Å². The number of nitrogens with zero attached hydrogens (tertiary/aromatic N) is 3. The molecule has 0 aliphatic rings. The first kappa shape index (κ1) is 22.4. The molecule has 190 valence electrons. The van der Waals surface area contributed by atoms with Crippen LogP contribution in [0.5, 0.6) is 0 Å². The van der Waals surface area contributed by atoms with Gasteiger partial charge in [0.25, 0.3) is 0 Å². The van der Waals surface area contributed by atoms with E-state index in [1.54, 1.807) is 0 Å². The molecule has 0 atom stereocenters. The summed E-state index contributed by atoms with van der Waals surface area (Å²) in [6.45, 7) is 0. The highest BCUT2D eigenvalue weighted by Crippen LogP contribution is 2.44. The highest BCUT2D eigenvalue weighted by atomic mass is 32.1. The number of aromatic nitrogens is 2. The molecule has 0 N–H and O–H groups in total. The minimum atomic E-state index is 0.677. The average molecular weight is 540 g/mol. The van der Waals surface area contributed by atoms with Crippen LogP contribution >= 0.6 is 11.3 Å². The third kappa shape index (κ3) is 3.01. The van der Waals surface area contributed by atoms with E-state index in [0.717, 1.165) is 27.5 Å². The fourth-order valence-corrected chi connectivity index (χ4v) is 7.93. The van der Waals surface area contributed by atoms with Crippen molar-refractivity contribution in [3.8, 4) is 17.4 Å². The van der Waals surface area contributed by atoms with Gasteiger partial charge in [-0.05, 0) is 48.5 Å². The van der Waals surface area contributed by atoms with E-state index in [4.69, 9.17) is 0 Å². The van der Waals surface area contributed by atoms with Crippen LogP contribution in [0.25, 0.3) is 75.2 Å². The molecule has 0 radical (unpaired) electrons. The summed E-state index contributed by atoms with van der Waals surface area (Å²) in [6.07, 6.45) is 0. The topological polar surface area (TPSA) is 33.6 Å². The number of fused-ring (bicyclic) bond motifs is 9. The van der Waals surface area contributed by atoms with Crippen molar-refractivity contribution in [2.75, 3.05) is 0 Å². The van der Waals surface area contributed by atoms with Gasteiger partial charge in [0.1, 0.15) is 0 Å². The Bertz CT molecular complexity index is 2500. The summed E-state index contributed by atoms with van der Waals surface area (Å²) >= 11 is 1.86. The highest BCUT2D eigenvalue weighted by molar-refractivity contribution is 7.26. The number of rotatable bonds is 2. The van der Waals surface area contributed by atoms with Gasteiger partial charge in [-0.25, -0.2) is 0 Å². The van der Waals surface area contributed by atoms with Gasteiger partial charge >= 0.3 is 0 Å².